The molecule has 2 rings (SSSR count). The standard InChI is InChI=1S/C10H13N3O2/c14-8-9(15)13-10(12-8)11-6-5-7-3-1-2-4-7/h3H,1-2,4-6H2,(H2,11,12,13,14,15). The van der Waals surface area contributed by atoms with E-state index in [-0.39, 0.29) is 5.96 Å². The summed E-state index contributed by atoms with van der Waals surface area (Å²) in [6, 6.07) is 0. The molecule has 0 aromatic carbocycles. The molecule has 80 valence electrons. The molecule has 0 aromatic rings. The molecular formula is C10H13N3O2. The predicted octanol–water partition coefficient (Wildman–Crippen LogP) is 0.0888. The van der Waals surface area contributed by atoms with Gasteiger partial charge in [0, 0.05) is 6.54 Å². The number of nitrogens with one attached hydrogen (secondary N) is 2. The van der Waals surface area contributed by atoms with Crippen LogP contribution in [0.3, 0.4) is 0 Å². The molecule has 0 unspecified atom stereocenters. The molecule has 1 fully saturated rings. The Hall–Kier alpha value is -1.65. The Kier molecular flexibility index (Phi) is 2.80. The van der Waals surface area contributed by atoms with E-state index in [9.17, 15) is 9.59 Å². The van der Waals surface area contributed by atoms with Gasteiger partial charge in [0.25, 0.3) is 0 Å². The average molecular weight is 207 g/mol. The number of carbonyl (C=O) groups excluding carboxylic acids is 2. The van der Waals surface area contributed by atoms with Crippen molar-refractivity contribution in [3.8, 4) is 0 Å². The maximum atomic E-state index is 10.8. The molecule has 2 aliphatic rings. The normalized spacial score (nSPS) is 20.0. The van der Waals surface area contributed by atoms with Crippen molar-refractivity contribution in [1.82, 2.24) is 10.6 Å². The van der Waals surface area contributed by atoms with Crippen LogP contribution >= 0.6 is 0 Å². The van der Waals surface area contributed by atoms with Gasteiger partial charge in [-0.05, 0) is 25.7 Å². The summed E-state index contributed by atoms with van der Waals surface area (Å²) in [7, 11) is 0. The van der Waals surface area contributed by atoms with Gasteiger partial charge in [-0.25, -0.2) is 0 Å². The maximum Gasteiger partial charge on any atom is 0.316 e. The van der Waals surface area contributed by atoms with E-state index in [0.717, 1.165) is 12.8 Å². The maximum absolute atomic E-state index is 10.8. The minimum atomic E-state index is -0.631. The molecule has 1 saturated heterocycles. The van der Waals surface area contributed by atoms with Crippen LogP contribution < -0.4 is 10.6 Å². The van der Waals surface area contributed by atoms with Crippen LogP contribution in [0.1, 0.15) is 25.7 Å². The predicted molar refractivity (Wildman–Crippen MR) is 55.1 cm³/mol. The molecule has 15 heavy (non-hydrogen) atoms. The Morgan fingerprint density at radius 3 is 2.60 bits per heavy atom. The molecule has 1 heterocycles. The van der Waals surface area contributed by atoms with Crippen LogP contribution in [0.4, 0.5) is 0 Å². The first kappa shape index (κ1) is 9.89. The number of guanidine groups is 1. The van der Waals surface area contributed by atoms with Gasteiger partial charge in [0.1, 0.15) is 0 Å². The smallest absolute Gasteiger partial charge is 0.288 e. The second-order valence-electron chi connectivity index (χ2n) is 3.64. The topological polar surface area (TPSA) is 70.6 Å². The zero-order chi connectivity index (χ0) is 10.7. The van der Waals surface area contributed by atoms with Gasteiger partial charge in [0.15, 0.2) is 0 Å². The second-order valence-corrected chi connectivity index (χ2v) is 3.64. The van der Waals surface area contributed by atoms with Crippen molar-refractivity contribution in [3.63, 3.8) is 0 Å². The first-order chi connectivity index (χ1) is 7.25. The summed E-state index contributed by atoms with van der Waals surface area (Å²) in [4.78, 5) is 25.7. The van der Waals surface area contributed by atoms with Crippen molar-refractivity contribution in [1.29, 1.82) is 0 Å². The van der Waals surface area contributed by atoms with E-state index in [2.05, 4.69) is 21.7 Å². The van der Waals surface area contributed by atoms with Crippen molar-refractivity contribution >= 4 is 17.8 Å². The number of rotatable bonds is 3. The molecule has 0 radical (unpaired) electrons. The zero-order valence-electron chi connectivity index (χ0n) is 8.38. The Bertz CT molecular complexity index is 340. The van der Waals surface area contributed by atoms with Crippen LogP contribution in [0.5, 0.6) is 0 Å². The lowest BCUT2D eigenvalue weighted by Gasteiger charge is -1.99. The lowest BCUT2D eigenvalue weighted by Crippen LogP contribution is -2.25. The fraction of sp³-hybridized carbons (Fsp3) is 0.500. The number of hydrogen-bond donors (Lipinski definition) is 2. The van der Waals surface area contributed by atoms with Gasteiger partial charge < -0.3 is 0 Å². The van der Waals surface area contributed by atoms with Crippen LogP contribution in [0.15, 0.2) is 16.6 Å². The molecule has 0 atom stereocenters. The first-order valence-electron chi connectivity index (χ1n) is 5.10. The SMILES string of the molecule is O=C1NC(=NCCC2=CCCC2)NC1=O. The van der Waals surface area contributed by atoms with E-state index in [0.29, 0.717) is 6.54 Å². The molecule has 0 bridgehead atoms. The van der Waals surface area contributed by atoms with Crippen molar-refractivity contribution in [2.75, 3.05) is 6.54 Å². The Morgan fingerprint density at radius 2 is 2.00 bits per heavy atom. The van der Waals surface area contributed by atoms with Gasteiger partial charge in [0.2, 0.25) is 5.96 Å². The fourth-order valence-corrected chi connectivity index (χ4v) is 1.71. The molecule has 1 aliphatic carbocycles. The quantitative estimate of drug-likeness (QED) is 0.508. The lowest BCUT2D eigenvalue weighted by atomic mass is 10.2. The first-order valence-corrected chi connectivity index (χ1v) is 5.10. The molecule has 2 amide bonds. The summed E-state index contributed by atoms with van der Waals surface area (Å²) in [5.41, 5.74) is 1.43. The highest BCUT2D eigenvalue weighted by atomic mass is 16.2. The number of nitrogens with zero attached hydrogens (tertiary/aromatic N) is 1. The van der Waals surface area contributed by atoms with Gasteiger partial charge in [0.05, 0.1) is 0 Å². The van der Waals surface area contributed by atoms with Crippen molar-refractivity contribution in [2.24, 2.45) is 4.99 Å². The highest BCUT2D eigenvalue weighted by Gasteiger charge is 2.24. The Labute approximate surface area is 87.6 Å². The number of allylic oxidation sites excluding steroid dienone is 1. The molecule has 1 aliphatic heterocycles. The Morgan fingerprint density at radius 1 is 1.27 bits per heavy atom. The lowest BCUT2D eigenvalue weighted by molar-refractivity contribution is -0.135. The third-order valence-electron chi connectivity index (χ3n) is 2.51. The Balaban J connectivity index is 1.79. The zero-order valence-corrected chi connectivity index (χ0v) is 8.38. The summed E-state index contributed by atoms with van der Waals surface area (Å²) >= 11 is 0. The van der Waals surface area contributed by atoms with Gasteiger partial charge in [-0.1, -0.05) is 11.6 Å². The largest absolute Gasteiger partial charge is 0.316 e. The minimum Gasteiger partial charge on any atom is -0.288 e. The van der Waals surface area contributed by atoms with E-state index in [1.807, 2.05) is 0 Å². The van der Waals surface area contributed by atoms with Crippen molar-refractivity contribution < 1.29 is 9.59 Å². The van der Waals surface area contributed by atoms with E-state index >= 15 is 0 Å². The highest BCUT2D eigenvalue weighted by molar-refractivity contribution is 6.45. The summed E-state index contributed by atoms with van der Waals surface area (Å²) in [6.45, 7) is 0.613. The molecule has 0 saturated carbocycles. The monoisotopic (exact) mass is 207 g/mol. The summed E-state index contributed by atoms with van der Waals surface area (Å²) in [5.74, 6) is -0.980. The van der Waals surface area contributed by atoms with Gasteiger partial charge in [-0.15, -0.1) is 0 Å². The van der Waals surface area contributed by atoms with Gasteiger partial charge >= 0.3 is 11.8 Å². The molecule has 0 aromatic heterocycles. The third kappa shape index (κ3) is 2.43. The van der Waals surface area contributed by atoms with Crippen LogP contribution in [0.25, 0.3) is 0 Å². The number of amides is 2. The van der Waals surface area contributed by atoms with E-state index in [1.165, 1.54) is 18.4 Å². The summed E-state index contributed by atoms with van der Waals surface area (Å²) < 4.78 is 0. The molecule has 5 nitrogen and oxygen atoms in total. The summed E-state index contributed by atoms with van der Waals surface area (Å²) in [5, 5.41) is 4.72. The van der Waals surface area contributed by atoms with E-state index < -0.39 is 11.8 Å². The number of carbonyl (C=O) groups is 2. The number of hydrogen-bond acceptors (Lipinski definition) is 3. The second kappa shape index (κ2) is 4.25. The van der Waals surface area contributed by atoms with Crippen LogP contribution in [0.2, 0.25) is 0 Å². The highest BCUT2D eigenvalue weighted by Crippen LogP contribution is 2.20. The van der Waals surface area contributed by atoms with Crippen LogP contribution in [-0.4, -0.2) is 24.3 Å². The third-order valence-corrected chi connectivity index (χ3v) is 2.51. The molecule has 5 heteroatoms. The summed E-state index contributed by atoms with van der Waals surface area (Å²) in [6.07, 6.45) is 6.71. The van der Waals surface area contributed by atoms with Gasteiger partial charge in [-0.3, -0.25) is 25.2 Å². The van der Waals surface area contributed by atoms with E-state index in [4.69, 9.17) is 0 Å². The van der Waals surface area contributed by atoms with Crippen molar-refractivity contribution in [2.45, 2.75) is 25.7 Å². The minimum absolute atomic E-state index is 0.281. The fourth-order valence-electron chi connectivity index (χ4n) is 1.71. The van der Waals surface area contributed by atoms with Gasteiger partial charge in [-0.2, -0.15) is 0 Å². The molecule has 2 N–H and O–H groups in total. The average Bonchev–Trinajstić information content (AvgIpc) is 2.79. The number of aliphatic imine (C=N–C) groups is 1. The molecular weight excluding hydrogens is 194 g/mol. The molecule has 0 spiro atoms. The van der Waals surface area contributed by atoms with E-state index in [1.54, 1.807) is 0 Å². The van der Waals surface area contributed by atoms with Crippen molar-refractivity contribution in [3.05, 3.63) is 11.6 Å². The van der Waals surface area contributed by atoms with Crippen LogP contribution in [-0.2, 0) is 9.59 Å². The van der Waals surface area contributed by atoms with Crippen LogP contribution in [0, 0.1) is 0 Å².